The SMILES string of the molecule is CCO[C@@H]1C[C@@H](O)C12CCN(C(=O)CNC[C@H]1CCCO1)CC2. The minimum Gasteiger partial charge on any atom is -0.392 e. The van der Waals surface area contributed by atoms with E-state index in [2.05, 4.69) is 5.32 Å². The number of carbonyl (C=O) groups is 1. The quantitative estimate of drug-likeness (QED) is 0.745. The van der Waals surface area contributed by atoms with Crippen molar-refractivity contribution in [2.75, 3.05) is 39.4 Å². The number of aliphatic hydroxyl groups is 1. The van der Waals surface area contributed by atoms with Crippen LogP contribution < -0.4 is 5.32 Å². The minimum absolute atomic E-state index is 0.113. The monoisotopic (exact) mass is 326 g/mol. The number of nitrogens with zero attached hydrogens (tertiary/aromatic N) is 1. The van der Waals surface area contributed by atoms with Gasteiger partial charge in [0.15, 0.2) is 0 Å². The molecule has 3 aliphatic rings. The molecular weight excluding hydrogens is 296 g/mol. The second-order valence-electron chi connectivity index (χ2n) is 7.08. The Balaban J connectivity index is 1.40. The molecule has 23 heavy (non-hydrogen) atoms. The van der Waals surface area contributed by atoms with Gasteiger partial charge in [0.2, 0.25) is 5.91 Å². The summed E-state index contributed by atoms with van der Waals surface area (Å²) in [4.78, 5) is 14.2. The maximum absolute atomic E-state index is 12.3. The summed E-state index contributed by atoms with van der Waals surface area (Å²) in [7, 11) is 0. The predicted molar refractivity (Wildman–Crippen MR) is 86.1 cm³/mol. The lowest BCUT2D eigenvalue weighted by molar-refractivity contribution is -0.209. The lowest BCUT2D eigenvalue weighted by Crippen LogP contribution is -2.63. The maximum atomic E-state index is 12.3. The van der Waals surface area contributed by atoms with E-state index in [0.29, 0.717) is 13.2 Å². The van der Waals surface area contributed by atoms with E-state index < -0.39 is 0 Å². The number of nitrogens with one attached hydrogen (secondary N) is 1. The van der Waals surface area contributed by atoms with E-state index >= 15 is 0 Å². The first kappa shape index (κ1) is 17.1. The molecule has 0 bridgehead atoms. The van der Waals surface area contributed by atoms with Crippen molar-refractivity contribution in [2.45, 2.75) is 57.3 Å². The zero-order valence-electron chi connectivity index (χ0n) is 14.1. The van der Waals surface area contributed by atoms with Crippen LogP contribution in [0.3, 0.4) is 0 Å². The Bertz CT molecular complexity index is 401. The number of likely N-dealkylation sites (tertiary alicyclic amines) is 1. The van der Waals surface area contributed by atoms with E-state index in [4.69, 9.17) is 9.47 Å². The molecule has 2 N–H and O–H groups in total. The fourth-order valence-corrected chi connectivity index (χ4v) is 4.25. The lowest BCUT2D eigenvalue weighted by Gasteiger charge is -2.56. The van der Waals surface area contributed by atoms with Gasteiger partial charge in [0.05, 0.1) is 24.9 Å². The summed E-state index contributed by atoms with van der Waals surface area (Å²) in [6, 6.07) is 0. The summed E-state index contributed by atoms with van der Waals surface area (Å²) in [5.41, 5.74) is -0.113. The van der Waals surface area contributed by atoms with Crippen LogP contribution in [0.1, 0.15) is 39.0 Å². The molecule has 1 saturated carbocycles. The van der Waals surface area contributed by atoms with Crippen LogP contribution in [0, 0.1) is 5.41 Å². The number of aliphatic hydroxyl groups excluding tert-OH is 1. The number of piperidine rings is 1. The highest BCUT2D eigenvalue weighted by Gasteiger charge is 2.56. The summed E-state index contributed by atoms with van der Waals surface area (Å²) in [6.45, 7) is 6.12. The van der Waals surface area contributed by atoms with Crippen molar-refractivity contribution in [3.63, 3.8) is 0 Å². The van der Waals surface area contributed by atoms with Gasteiger partial charge in [-0.25, -0.2) is 0 Å². The molecule has 1 aliphatic carbocycles. The van der Waals surface area contributed by atoms with Crippen molar-refractivity contribution >= 4 is 5.91 Å². The molecule has 6 nitrogen and oxygen atoms in total. The van der Waals surface area contributed by atoms with Crippen LogP contribution in [-0.2, 0) is 14.3 Å². The van der Waals surface area contributed by atoms with Crippen molar-refractivity contribution in [3.8, 4) is 0 Å². The number of ether oxygens (including phenoxy) is 2. The van der Waals surface area contributed by atoms with Crippen LogP contribution in [0.15, 0.2) is 0 Å². The first-order chi connectivity index (χ1) is 11.2. The second kappa shape index (κ2) is 7.47. The number of hydrogen-bond acceptors (Lipinski definition) is 5. The van der Waals surface area contributed by atoms with Crippen molar-refractivity contribution in [1.29, 1.82) is 0 Å². The predicted octanol–water partition coefficient (Wildman–Crippen LogP) is 0.534. The van der Waals surface area contributed by atoms with Gasteiger partial charge in [-0.1, -0.05) is 0 Å². The topological polar surface area (TPSA) is 71.0 Å². The van der Waals surface area contributed by atoms with E-state index in [1.54, 1.807) is 0 Å². The Morgan fingerprint density at radius 2 is 2.22 bits per heavy atom. The van der Waals surface area contributed by atoms with Crippen LogP contribution in [0.5, 0.6) is 0 Å². The van der Waals surface area contributed by atoms with E-state index in [1.165, 1.54) is 0 Å². The Kier molecular flexibility index (Phi) is 5.57. The molecule has 1 amide bonds. The van der Waals surface area contributed by atoms with Gasteiger partial charge in [0.1, 0.15) is 0 Å². The first-order valence-corrected chi connectivity index (χ1v) is 9.05. The number of carbonyl (C=O) groups excluding carboxylic acids is 1. The van der Waals surface area contributed by atoms with Gasteiger partial charge < -0.3 is 24.8 Å². The van der Waals surface area contributed by atoms with Crippen LogP contribution in [-0.4, -0.2) is 73.6 Å². The van der Waals surface area contributed by atoms with E-state index in [1.807, 2.05) is 11.8 Å². The van der Waals surface area contributed by atoms with Crippen LogP contribution in [0.2, 0.25) is 0 Å². The molecule has 3 fully saturated rings. The highest BCUT2D eigenvalue weighted by Crippen LogP contribution is 2.50. The smallest absolute Gasteiger partial charge is 0.236 e. The van der Waals surface area contributed by atoms with Gasteiger partial charge >= 0.3 is 0 Å². The van der Waals surface area contributed by atoms with Crippen molar-refractivity contribution in [2.24, 2.45) is 5.41 Å². The first-order valence-electron chi connectivity index (χ1n) is 9.05. The van der Waals surface area contributed by atoms with E-state index in [9.17, 15) is 9.90 Å². The highest BCUT2D eigenvalue weighted by atomic mass is 16.5. The molecule has 3 rings (SSSR count). The Morgan fingerprint density at radius 1 is 1.43 bits per heavy atom. The molecule has 0 unspecified atom stereocenters. The van der Waals surface area contributed by atoms with Crippen LogP contribution >= 0.6 is 0 Å². The summed E-state index contributed by atoms with van der Waals surface area (Å²) in [5, 5.41) is 13.4. The van der Waals surface area contributed by atoms with Gasteiger partial charge in [0.25, 0.3) is 0 Å². The normalized spacial score (nSPS) is 33.0. The average molecular weight is 326 g/mol. The Morgan fingerprint density at radius 3 is 2.83 bits per heavy atom. The molecule has 1 spiro atoms. The number of amides is 1. The maximum Gasteiger partial charge on any atom is 0.236 e. The van der Waals surface area contributed by atoms with Gasteiger partial charge in [-0.05, 0) is 32.6 Å². The van der Waals surface area contributed by atoms with Gasteiger partial charge in [0, 0.05) is 44.7 Å². The molecule has 0 aromatic carbocycles. The standard InChI is InChI=1S/C17H30N2O4/c1-2-22-15-10-14(20)17(15)5-7-19(8-6-17)16(21)12-18-11-13-4-3-9-23-13/h13-15,18,20H,2-12H2,1H3/t13-,14-,15-/m1/s1. The molecule has 3 atom stereocenters. The Labute approximate surface area is 138 Å². The summed E-state index contributed by atoms with van der Waals surface area (Å²) >= 11 is 0. The summed E-state index contributed by atoms with van der Waals surface area (Å²) in [6.07, 6.45) is 4.80. The van der Waals surface area contributed by atoms with Crippen LogP contribution in [0.4, 0.5) is 0 Å². The highest BCUT2D eigenvalue weighted by molar-refractivity contribution is 5.78. The third kappa shape index (κ3) is 3.55. The van der Waals surface area contributed by atoms with Gasteiger partial charge in [-0.3, -0.25) is 4.79 Å². The van der Waals surface area contributed by atoms with E-state index in [0.717, 1.165) is 58.3 Å². The lowest BCUT2D eigenvalue weighted by atomic mass is 9.58. The third-order valence-electron chi connectivity index (χ3n) is 5.83. The molecule has 2 heterocycles. The third-order valence-corrected chi connectivity index (χ3v) is 5.83. The largest absolute Gasteiger partial charge is 0.392 e. The number of hydrogen-bond donors (Lipinski definition) is 2. The Hall–Kier alpha value is -0.690. The summed E-state index contributed by atoms with van der Waals surface area (Å²) < 4.78 is 11.3. The molecule has 0 aromatic heterocycles. The molecule has 132 valence electrons. The molecule has 0 radical (unpaired) electrons. The fourth-order valence-electron chi connectivity index (χ4n) is 4.25. The molecule has 2 saturated heterocycles. The van der Waals surface area contributed by atoms with Crippen molar-refractivity contribution < 1.29 is 19.4 Å². The molecule has 6 heteroatoms. The van der Waals surface area contributed by atoms with Crippen molar-refractivity contribution in [1.82, 2.24) is 10.2 Å². The van der Waals surface area contributed by atoms with Crippen molar-refractivity contribution in [3.05, 3.63) is 0 Å². The van der Waals surface area contributed by atoms with E-state index in [-0.39, 0.29) is 29.6 Å². The summed E-state index contributed by atoms with van der Waals surface area (Å²) in [5.74, 6) is 0.152. The zero-order chi connectivity index (χ0) is 16.3. The van der Waals surface area contributed by atoms with Crippen LogP contribution in [0.25, 0.3) is 0 Å². The molecule has 2 aliphatic heterocycles. The fraction of sp³-hybridized carbons (Fsp3) is 0.941. The molecular formula is C17H30N2O4. The van der Waals surface area contributed by atoms with Gasteiger partial charge in [-0.15, -0.1) is 0 Å². The zero-order valence-corrected chi connectivity index (χ0v) is 14.1. The number of rotatable bonds is 6. The van der Waals surface area contributed by atoms with Gasteiger partial charge in [-0.2, -0.15) is 0 Å². The minimum atomic E-state index is -0.269. The second-order valence-corrected chi connectivity index (χ2v) is 7.08. The molecule has 0 aromatic rings. The average Bonchev–Trinajstić information content (AvgIpc) is 3.08.